The molecule has 9 nitrogen and oxygen atoms in total. The van der Waals surface area contributed by atoms with Crippen LogP contribution in [0.15, 0.2) is 83.8 Å². The van der Waals surface area contributed by atoms with Crippen molar-refractivity contribution in [1.29, 1.82) is 0 Å². The molecule has 2 fully saturated rings. The highest BCUT2D eigenvalue weighted by Gasteiger charge is 2.35. The van der Waals surface area contributed by atoms with Crippen LogP contribution >= 0.6 is 0 Å². The van der Waals surface area contributed by atoms with E-state index >= 15 is 0 Å². The summed E-state index contributed by atoms with van der Waals surface area (Å²) in [6, 6.07) is 21.2. The average Bonchev–Trinajstić information content (AvgIpc) is 3.53. The Balaban J connectivity index is 1.52. The molecule has 0 aromatic heterocycles. The van der Waals surface area contributed by atoms with Gasteiger partial charge in [0, 0.05) is 30.4 Å². The van der Waals surface area contributed by atoms with Crippen molar-refractivity contribution in [3.8, 4) is 5.75 Å². The number of morpholine rings is 1. The Morgan fingerprint density at radius 1 is 0.927 bits per heavy atom. The molecule has 3 aromatic carbocycles. The Kier molecular flexibility index (Phi) is 9.02. The topological polar surface area (TPSA) is 105 Å². The molecule has 0 bridgehead atoms. The summed E-state index contributed by atoms with van der Waals surface area (Å²) in [4.78, 5) is 29.8. The normalized spacial score (nSPS) is 17.1. The summed E-state index contributed by atoms with van der Waals surface area (Å²) in [5.41, 5.74) is 1.44. The molecule has 1 atom stereocenters. The number of hydrogen-bond acceptors (Lipinski definition) is 6. The van der Waals surface area contributed by atoms with Gasteiger partial charge < -0.3 is 14.8 Å². The Morgan fingerprint density at radius 3 is 2.17 bits per heavy atom. The van der Waals surface area contributed by atoms with Gasteiger partial charge in [-0.25, -0.2) is 8.42 Å². The standard InChI is InChI=1S/C31H35N3O6S/c1-39-27-15-11-23(12-16-27)29(30(35)32-25-7-5-6-8-25)34(26-9-3-2-4-10-26)31(36)24-13-17-28(18-14-24)41(37,38)33-19-21-40-22-20-33/h2-4,9-18,25,29H,5-8,19-22H2,1H3,(H,32,35)/t29-/m0/s1. The van der Waals surface area contributed by atoms with Crippen LogP contribution in [0.2, 0.25) is 0 Å². The molecule has 1 saturated heterocycles. The van der Waals surface area contributed by atoms with Crippen LogP contribution in [0.5, 0.6) is 5.75 Å². The van der Waals surface area contributed by atoms with Gasteiger partial charge in [0.1, 0.15) is 11.8 Å². The summed E-state index contributed by atoms with van der Waals surface area (Å²) >= 11 is 0. The zero-order chi connectivity index (χ0) is 28.8. The fourth-order valence-corrected chi connectivity index (χ4v) is 6.78. The molecule has 1 aliphatic heterocycles. The van der Waals surface area contributed by atoms with E-state index in [0.717, 1.165) is 25.7 Å². The molecule has 1 N–H and O–H groups in total. The monoisotopic (exact) mass is 577 g/mol. The maximum atomic E-state index is 14.2. The summed E-state index contributed by atoms with van der Waals surface area (Å²) in [7, 11) is -2.15. The van der Waals surface area contributed by atoms with E-state index in [-0.39, 0.29) is 35.5 Å². The minimum absolute atomic E-state index is 0.0562. The summed E-state index contributed by atoms with van der Waals surface area (Å²) < 4.78 is 38.3. The number of ether oxygens (including phenoxy) is 2. The first kappa shape index (κ1) is 28.8. The number of anilines is 1. The molecule has 1 saturated carbocycles. The SMILES string of the molecule is COc1ccc([C@@H](C(=O)NC2CCCC2)N(C(=O)c2ccc(S(=O)(=O)N3CCOCC3)cc2)c2ccccc2)cc1. The average molecular weight is 578 g/mol. The van der Waals surface area contributed by atoms with Gasteiger partial charge in [-0.15, -0.1) is 0 Å². The van der Waals surface area contributed by atoms with Gasteiger partial charge in [0.25, 0.3) is 5.91 Å². The number of rotatable bonds is 9. The third kappa shape index (κ3) is 6.45. The van der Waals surface area contributed by atoms with E-state index in [1.54, 1.807) is 43.5 Å². The number of carbonyl (C=O) groups is 2. The van der Waals surface area contributed by atoms with Crippen LogP contribution < -0.4 is 15.0 Å². The first-order valence-electron chi connectivity index (χ1n) is 13.9. The van der Waals surface area contributed by atoms with E-state index in [9.17, 15) is 18.0 Å². The molecule has 5 rings (SSSR count). The summed E-state index contributed by atoms with van der Waals surface area (Å²) in [6.45, 7) is 1.25. The number of nitrogens with zero attached hydrogens (tertiary/aromatic N) is 2. The van der Waals surface area contributed by atoms with E-state index in [1.165, 1.54) is 33.5 Å². The van der Waals surface area contributed by atoms with Crippen molar-refractivity contribution in [2.24, 2.45) is 0 Å². The van der Waals surface area contributed by atoms with E-state index in [4.69, 9.17) is 9.47 Å². The van der Waals surface area contributed by atoms with E-state index in [2.05, 4.69) is 5.32 Å². The van der Waals surface area contributed by atoms with Crippen molar-refractivity contribution in [3.05, 3.63) is 90.0 Å². The molecule has 3 aromatic rings. The fourth-order valence-electron chi connectivity index (χ4n) is 5.37. The summed E-state index contributed by atoms with van der Waals surface area (Å²) in [5.74, 6) is -0.0574. The van der Waals surface area contributed by atoms with E-state index in [1.807, 2.05) is 18.2 Å². The van der Waals surface area contributed by atoms with E-state index < -0.39 is 22.0 Å². The van der Waals surface area contributed by atoms with Crippen molar-refractivity contribution in [3.63, 3.8) is 0 Å². The van der Waals surface area contributed by atoms with Gasteiger partial charge >= 0.3 is 0 Å². The molecule has 2 aliphatic rings. The van der Waals surface area contributed by atoms with Crippen LogP contribution in [0, 0.1) is 0 Å². The number of nitrogens with one attached hydrogen (secondary N) is 1. The molecular formula is C31H35N3O6S. The van der Waals surface area contributed by atoms with Crippen LogP contribution in [0.4, 0.5) is 5.69 Å². The fraction of sp³-hybridized carbons (Fsp3) is 0.355. The van der Waals surface area contributed by atoms with Gasteiger partial charge in [-0.3, -0.25) is 14.5 Å². The summed E-state index contributed by atoms with van der Waals surface area (Å²) in [6.07, 6.45) is 3.91. The number of hydrogen-bond donors (Lipinski definition) is 1. The molecule has 1 heterocycles. The van der Waals surface area contributed by atoms with Crippen LogP contribution in [0.1, 0.15) is 47.6 Å². The minimum atomic E-state index is -3.72. The molecule has 41 heavy (non-hydrogen) atoms. The Labute approximate surface area is 241 Å². The van der Waals surface area contributed by atoms with Crippen molar-refractivity contribution >= 4 is 27.5 Å². The molecular weight excluding hydrogens is 542 g/mol. The third-order valence-corrected chi connectivity index (χ3v) is 9.51. The lowest BCUT2D eigenvalue weighted by molar-refractivity contribution is -0.123. The zero-order valence-corrected chi connectivity index (χ0v) is 23.9. The highest BCUT2D eigenvalue weighted by molar-refractivity contribution is 7.89. The Morgan fingerprint density at radius 2 is 1.56 bits per heavy atom. The van der Waals surface area contributed by atoms with Crippen LogP contribution in [0.3, 0.4) is 0 Å². The quantitative estimate of drug-likeness (QED) is 0.410. The zero-order valence-electron chi connectivity index (χ0n) is 23.1. The molecule has 0 spiro atoms. The number of methoxy groups -OCH3 is 1. The van der Waals surface area contributed by atoms with Crippen LogP contribution in [0.25, 0.3) is 0 Å². The van der Waals surface area contributed by atoms with E-state index in [0.29, 0.717) is 30.2 Å². The second-order valence-electron chi connectivity index (χ2n) is 10.2. The van der Waals surface area contributed by atoms with Gasteiger partial charge in [-0.1, -0.05) is 43.2 Å². The molecule has 0 radical (unpaired) electrons. The summed E-state index contributed by atoms with van der Waals surface area (Å²) in [5, 5.41) is 3.17. The van der Waals surface area contributed by atoms with Gasteiger partial charge in [0.05, 0.1) is 25.2 Å². The second kappa shape index (κ2) is 12.8. The number of amides is 2. The van der Waals surface area contributed by atoms with Gasteiger partial charge in [0.15, 0.2) is 0 Å². The van der Waals surface area contributed by atoms with Crippen LogP contribution in [-0.2, 0) is 19.6 Å². The molecule has 216 valence electrons. The largest absolute Gasteiger partial charge is 0.497 e. The van der Waals surface area contributed by atoms with Gasteiger partial charge in [0.2, 0.25) is 15.9 Å². The first-order chi connectivity index (χ1) is 19.9. The number of sulfonamides is 1. The molecule has 2 amide bonds. The van der Waals surface area contributed by atoms with Crippen LogP contribution in [-0.4, -0.2) is 64.0 Å². The first-order valence-corrected chi connectivity index (χ1v) is 15.3. The Bertz CT molecular complexity index is 1430. The maximum absolute atomic E-state index is 14.2. The van der Waals surface area contributed by atoms with Crippen molar-refractivity contribution in [1.82, 2.24) is 9.62 Å². The predicted molar refractivity (Wildman–Crippen MR) is 155 cm³/mol. The van der Waals surface area contributed by atoms with Gasteiger partial charge in [-0.05, 0) is 66.9 Å². The molecule has 1 aliphatic carbocycles. The van der Waals surface area contributed by atoms with Crippen molar-refractivity contribution in [2.75, 3.05) is 38.3 Å². The smallest absolute Gasteiger partial charge is 0.259 e. The minimum Gasteiger partial charge on any atom is -0.497 e. The number of para-hydroxylation sites is 1. The second-order valence-corrected chi connectivity index (χ2v) is 12.2. The van der Waals surface area contributed by atoms with Crippen molar-refractivity contribution in [2.45, 2.75) is 42.7 Å². The van der Waals surface area contributed by atoms with Crippen molar-refractivity contribution < 1.29 is 27.5 Å². The lowest BCUT2D eigenvalue weighted by Gasteiger charge is -2.32. The predicted octanol–water partition coefficient (Wildman–Crippen LogP) is 4.16. The Hall–Kier alpha value is -3.73. The highest BCUT2D eigenvalue weighted by Crippen LogP contribution is 2.32. The number of carbonyl (C=O) groups excluding carboxylic acids is 2. The highest BCUT2D eigenvalue weighted by atomic mass is 32.2. The molecule has 0 unspecified atom stereocenters. The molecule has 10 heteroatoms. The maximum Gasteiger partial charge on any atom is 0.259 e. The lowest BCUT2D eigenvalue weighted by Crippen LogP contribution is -2.46. The third-order valence-electron chi connectivity index (χ3n) is 7.60. The van der Waals surface area contributed by atoms with Gasteiger partial charge in [-0.2, -0.15) is 4.31 Å². The lowest BCUT2D eigenvalue weighted by atomic mass is 10.0. The number of benzene rings is 3.